The molecular formula is C18H23ClS. The minimum absolute atomic E-state index is 0.785. The standard InChI is InChI=1S/C18H23ClS/c1-6-14(4)18(13(2)3)20-15(5)7-8-16-9-11-17(19)12-10-16/h9-12H,2,5-8H2,1,3-4H3/b18-14+. The highest BCUT2D eigenvalue weighted by Gasteiger charge is 2.06. The number of hydrogen-bond acceptors (Lipinski definition) is 1. The van der Waals surface area contributed by atoms with Gasteiger partial charge in [0.15, 0.2) is 0 Å². The maximum Gasteiger partial charge on any atom is 0.0406 e. The van der Waals surface area contributed by atoms with Crippen LogP contribution in [0.3, 0.4) is 0 Å². The van der Waals surface area contributed by atoms with Crippen molar-refractivity contribution in [1.29, 1.82) is 0 Å². The predicted octanol–water partition coefficient (Wildman–Crippen LogP) is 6.78. The normalized spacial score (nSPS) is 12.0. The highest BCUT2D eigenvalue weighted by Crippen LogP contribution is 2.34. The summed E-state index contributed by atoms with van der Waals surface area (Å²) >= 11 is 7.66. The van der Waals surface area contributed by atoms with Crippen molar-refractivity contribution in [3.63, 3.8) is 0 Å². The van der Waals surface area contributed by atoms with Crippen LogP contribution in [0.5, 0.6) is 0 Å². The molecule has 0 unspecified atom stereocenters. The quantitative estimate of drug-likeness (QED) is 0.500. The molecule has 0 saturated carbocycles. The van der Waals surface area contributed by atoms with Crippen LogP contribution in [0.25, 0.3) is 0 Å². The van der Waals surface area contributed by atoms with Crippen LogP contribution in [0.15, 0.2) is 58.4 Å². The molecule has 0 spiro atoms. The number of thioether (sulfide) groups is 1. The summed E-state index contributed by atoms with van der Waals surface area (Å²) in [6, 6.07) is 8.03. The van der Waals surface area contributed by atoms with Crippen molar-refractivity contribution < 1.29 is 0 Å². The number of hydrogen-bond donors (Lipinski definition) is 0. The third-order valence-corrected chi connectivity index (χ3v) is 4.80. The van der Waals surface area contributed by atoms with Crippen LogP contribution in [-0.4, -0.2) is 0 Å². The van der Waals surface area contributed by atoms with Crippen molar-refractivity contribution in [1.82, 2.24) is 0 Å². The van der Waals surface area contributed by atoms with Gasteiger partial charge in [0, 0.05) is 9.93 Å². The van der Waals surface area contributed by atoms with Gasteiger partial charge in [-0.3, -0.25) is 0 Å². The zero-order valence-corrected chi connectivity index (χ0v) is 14.2. The van der Waals surface area contributed by atoms with Gasteiger partial charge in [-0.15, -0.1) is 0 Å². The average molecular weight is 307 g/mol. The zero-order chi connectivity index (χ0) is 15.1. The van der Waals surface area contributed by atoms with Gasteiger partial charge in [0.05, 0.1) is 0 Å². The zero-order valence-electron chi connectivity index (χ0n) is 12.6. The number of allylic oxidation sites excluding steroid dienone is 3. The second-order valence-electron chi connectivity index (χ2n) is 5.01. The van der Waals surface area contributed by atoms with Crippen molar-refractivity contribution in [2.75, 3.05) is 0 Å². The Morgan fingerprint density at radius 1 is 1.15 bits per heavy atom. The molecule has 108 valence electrons. The lowest BCUT2D eigenvalue weighted by molar-refractivity contribution is 0.992. The second-order valence-corrected chi connectivity index (χ2v) is 6.64. The van der Waals surface area contributed by atoms with Gasteiger partial charge in [0.1, 0.15) is 0 Å². The van der Waals surface area contributed by atoms with Crippen LogP contribution in [0.2, 0.25) is 5.02 Å². The molecule has 1 aromatic carbocycles. The van der Waals surface area contributed by atoms with E-state index < -0.39 is 0 Å². The minimum Gasteiger partial charge on any atom is -0.0950 e. The summed E-state index contributed by atoms with van der Waals surface area (Å²) in [5, 5.41) is 0.785. The number of aryl methyl sites for hydroxylation is 1. The molecule has 0 saturated heterocycles. The van der Waals surface area contributed by atoms with Crippen molar-refractivity contribution in [3.8, 4) is 0 Å². The van der Waals surface area contributed by atoms with E-state index in [4.69, 9.17) is 11.6 Å². The Morgan fingerprint density at radius 3 is 2.25 bits per heavy atom. The van der Waals surface area contributed by atoms with Gasteiger partial charge in [-0.25, -0.2) is 0 Å². The molecule has 0 amide bonds. The van der Waals surface area contributed by atoms with Crippen molar-refractivity contribution in [3.05, 3.63) is 69.0 Å². The summed E-state index contributed by atoms with van der Waals surface area (Å²) < 4.78 is 0. The van der Waals surface area contributed by atoms with Gasteiger partial charge in [-0.2, -0.15) is 0 Å². The molecule has 0 fully saturated rings. The van der Waals surface area contributed by atoms with Crippen molar-refractivity contribution in [2.45, 2.75) is 40.0 Å². The number of rotatable bonds is 7. The maximum atomic E-state index is 5.89. The summed E-state index contributed by atoms with van der Waals surface area (Å²) in [5.74, 6) is 0. The molecule has 0 radical (unpaired) electrons. The molecule has 0 atom stereocenters. The van der Waals surface area contributed by atoms with Gasteiger partial charge >= 0.3 is 0 Å². The molecule has 0 nitrogen and oxygen atoms in total. The summed E-state index contributed by atoms with van der Waals surface area (Å²) in [6.07, 6.45) is 3.03. The summed E-state index contributed by atoms with van der Waals surface area (Å²) in [7, 11) is 0. The molecule has 20 heavy (non-hydrogen) atoms. The number of halogens is 1. The smallest absolute Gasteiger partial charge is 0.0406 e. The molecule has 0 aliphatic heterocycles. The largest absolute Gasteiger partial charge is 0.0950 e. The molecule has 1 rings (SSSR count). The van der Waals surface area contributed by atoms with Gasteiger partial charge in [0.25, 0.3) is 0 Å². The first-order valence-electron chi connectivity index (χ1n) is 6.89. The molecule has 0 N–H and O–H groups in total. The summed E-state index contributed by atoms with van der Waals surface area (Å²) in [6.45, 7) is 14.7. The Morgan fingerprint density at radius 2 is 1.75 bits per heavy atom. The molecule has 0 aliphatic rings. The fourth-order valence-electron chi connectivity index (χ4n) is 1.83. The molecule has 2 heteroatoms. The van der Waals surface area contributed by atoms with Crippen molar-refractivity contribution in [2.24, 2.45) is 0 Å². The van der Waals surface area contributed by atoms with Crippen molar-refractivity contribution >= 4 is 23.4 Å². The van der Waals surface area contributed by atoms with Gasteiger partial charge in [-0.1, -0.05) is 61.2 Å². The first-order valence-corrected chi connectivity index (χ1v) is 8.09. The number of benzene rings is 1. The summed E-state index contributed by atoms with van der Waals surface area (Å²) in [5.41, 5.74) is 3.81. The first kappa shape index (κ1) is 17.1. The predicted molar refractivity (Wildman–Crippen MR) is 94.3 cm³/mol. The van der Waals surface area contributed by atoms with Gasteiger partial charge in [-0.05, 0) is 61.3 Å². The second kappa shape index (κ2) is 8.39. The monoisotopic (exact) mass is 306 g/mol. The van der Waals surface area contributed by atoms with Crippen LogP contribution in [0, 0.1) is 0 Å². The minimum atomic E-state index is 0.785. The molecular weight excluding hydrogens is 284 g/mol. The molecule has 1 aromatic rings. The highest BCUT2D eigenvalue weighted by atomic mass is 35.5. The van der Waals surface area contributed by atoms with Crippen LogP contribution in [-0.2, 0) is 6.42 Å². The van der Waals surface area contributed by atoms with E-state index in [0.29, 0.717) is 0 Å². The third kappa shape index (κ3) is 5.60. The Balaban J connectivity index is 2.59. The first-order chi connectivity index (χ1) is 9.43. The lowest BCUT2D eigenvalue weighted by atomic mass is 10.1. The molecule has 0 aliphatic carbocycles. The van der Waals surface area contributed by atoms with E-state index in [2.05, 4.69) is 46.1 Å². The summed E-state index contributed by atoms with van der Waals surface area (Å²) in [4.78, 5) is 2.47. The van der Waals surface area contributed by atoms with E-state index >= 15 is 0 Å². The molecule has 0 heterocycles. The van der Waals surface area contributed by atoms with Gasteiger partial charge in [0.2, 0.25) is 0 Å². The molecule has 0 aromatic heterocycles. The Labute approximate surface area is 132 Å². The topological polar surface area (TPSA) is 0 Å². The fourth-order valence-corrected chi connectivity index (χ4v) is 2.94. The maximum absolute atomic E-state index is 5.89. The third-order valence-electron chi connectivity index (χ3n) is 3.16. The van der Waals surface area contributed by atoms with Crippen LogP contribution < -0.4 is 0 Å². The van der Waals surface area contributed by atoms with E-state index in [9.17, 15) is 0 Å². The van der Waals surface area contributed by atoms with E-state index in [1.807, 2.05) is 12.1 Å². The van der Waals surface area contributed by atoms with E-state index in [0.717, 1.165) is 29.9 Å². The van der Waals surface area contributed by atoms with Crippen LogP contribution in [0.4, 0.5) is 0 Å². The van der Waals surface area contributed by atoms with E-state index in [1.165, 1.54) is 20.9 Å². The van der Waals surface area contributed by atoms with Crippen LogP contribution >= 0.6 is 23.4 Å². The lowest BCUT2D eigenvalue weighted by Gasteiger charge is -2.12. The van der Waals surface area contributed by atoms with E-state index in [1.54, 1.807) is 11.8 Å². The van der Waals surface area contributed by atoms with Gasteiger partial charge < -0.3 is 0 Å². The Kier molecular flexibility index (Phi) is 7.18. The van der Waals surface area contributed by atoms with E-state index in [-0.39, 0.29) is 0 Å². The fraction of sp³-hybridized carbons (Fsp3) is 0.333. The average Bonchev–Trinajstić information content (AvgIpc) is 2.43. The molecule has 0 bridgehead atoms. The Bertz CT molecular complexity index is 509. The highest BCUT2D eigenvalue weighted by molar-refractivity contribution is 8.06. The lowest BCUT2D eigenvalue weighted by Crippen LogP contribution is -1.89. The SMILES string of the molecule is C=C(CCc1ccc(Cl)cc1)S/C(C(=C)C)=C(\C)CC. The van der Waals surface area contributed by atoms with Crippen LogP contribution in [0.1, 0.15) is 39.2 Å². The Hall–Kier alpha value is -0.920.